The zero-order chi connectivity index (χ0) is 8.93. The van der Waals surface area contributed by atoms with E-state index in [1.54, 1.807) is 4.90 Å². The second kappa shape index (κ2) is 4.94. The Kier molecular flexibility index (Phi) is 3.58. The Bertz CT molecular complexity index is 124. The fourth-order valence-electron chi connectivity index (χ4n) is 2.48. The molecular weight excluding hydrogens is 164 g/mol. The lowest BCUT2D eigenvalue weighted by atomic mass is 9.99. The van der Waals surface area contributed by atoms with Crippen LogP contribution in [0.15, 0.2) is 0 Å². The molecule has 76 valence electrons. The SMILES string of the molecule is C1C[NH2+]C[C@H](C[NH+]2CCOCC2)C1. The van der Waals surface area contributed by atoms with E-state index >= 15 is 0 Å². The van der Waals surface area contributed by atoms with Crippen LogP contribution < -0.4 is 10.2 Å². The topological polar surface area (TPSA) is 30.3 Å². The highest BCUT2D eigenvalue weighted by Gasteiger charge is 2.22. The molecule has 0 aromatic heterocycles. The first-order chi connectivity index (χ1) is 6.45. The van der Waals surface area contributed by atoms with E-state index in [1.807, 2.05) is 0 Å². The Balaban J connectivity index is 1.69. The van der Waals surface area contributed by atoms with Crippen molar-refractivity contribution in [1.29, 1.82) is 0 Å². The minimum atomic E-state index is 0.974. The Morgan fingerprint density at radius 3 is 2.85 bits per heavy atom. The Labute approximate surface area is 80.4 Å². The molecule has 0 radical (unpaired) electrons. The fraction of sp³-hybridized carbons (Fsp3) is 1.00. The molecule has 2 aliphatic heterocycles. The third-order valence-electron chi connectivity index (χ3n) is 3.30. The predicted octanol–water partition coefficient (Wildman–Crippen LogP) is -2.13. The number of nitrogens with two attached hydrogens (primary N) is 1. The Morgan fingerprint density at radius 1 is 1.31 bits per heavy atom. The van der Waals surface area contributed by atoms with E-state index in [9.17, 15) is 0 Å². The second-order valence-electron chi connectivity index (χ2n) is 4.39. The van der Waals surface area contributed by atoms with Gasteiger partial charge in [-0.3, -0.25) is 0 Å². The number of hydrogen-bond donors (Lipinski definition) is 2. The Hall–Kier alpha value is -0.120. The minimum absolute atomic E-state index is 0.974. The van der Waals surface area contributed by atoms with Crippen molar-refractivity contribution in [1.82, 2.24) is 0 Å². The predicted molar refractivity (Wildman–Crippen MR) is 50.8 cm³/mol. The maximum Gasteiger partial charge on any atom is 0.101 e. The van der Waals surface area contributed by atoms with E-state index in [4.69, 9.17) is 4.74 Å². The van der Waals surface area contributed by atoms with Gasteiger partial charge < -0.3 is 15.0 Å². The molecule has 0 aromatic rings. The van der Waals surface area contributed by atoms with Crippen LogP contribution in [0.5, 0.6) is 0 Å². The van der Waals surface area contributed by atoms with Gasteiger partial charge in [0.15, 0.2) is 0 Å². The summed E-state index contributed by atoms with van der Waals surface area (Å²) in [4.78, 5) is 1.77. The molecule has 2 heterocycles. The van der Waals surface area contributed by atoms with Crippen LogP contribution in [-0.4, -0.2) is 45.9 Å². The van der Waals surface area contributed by atoms with Gasteiger partial charge in [-0.2, -0.15) is 0 Å². The molecule has 3 N–H and O–H groups in total. The van der Waals surface area contributed by atoms with Crippen molar-refractivity contribution in [2.45, 2.75) is 12.8 Å². The van der Waals surface area contributed by atoms with Crippen molar-refractivity contribution < 1.29 is 15.0 Å². The van der Waals surface area contributed by atoms with Crippen molar-refractivity contribution >= 4 is 0 Å². The molecule has 0 unspecified atom stereocenters. The van der Waals surface area contributed by atoms with Crippen LogP contribution in [0.3, 0.4) is 0 Å². The highest BCUT2D eigenvalue weighted by molar-refractivity contribution is 4.58. The molecule has 0 aliphatic carbocycles. The molecule has 0 bridgehead atoms. The largest absolute Gasteiger partial charge is 0.370 e. The molecular formula is C10H22N2O+2. The summed E-state index contributed by atoms with van der Waals surface area (Å²) in [5.41, 5.74) is 0. The molecule has 3 nitrogen and oxygen atoms in total. The maximum absolute atomic E-state index is 5.36. The van der Waals surface area contributed by atoms with Gasteiger partial charge in [-0.1, -0.05) is 0 Å². The first-order valence-electron chi connectivity index (χ1n) is 5.68. The molecule has 2 fully saturated rings. The summed E-state index contributed by atoms with van der Waals surface area (Å²) in [7, 11) is 0. The molecule has 2 saturated heterocycles. The number of morpholine rings is 1. The van der Waals surface area contributed by atoms with Crippen molar-refractivity contribution in [3.63, 3.8) is 0 Å². The first-order valence-corrected chi connectivity index (χ1v) is 5.68. The molecule has 1 atom stereocenters. The lowest BCUT2D eigenvalue weighted by Gasteiger charge is -2.28. The van der Waals surface area contributed by atoms with Gasteiger partial charge in [-0.05, 0) is 12.8 Å². The van der Waals surface area contributed by atoms with Crippen LogP contribution in [-0.2, 0) is 4.74 Å². The molecule has 0 amide bonds. The standard InChI is InChI=1S/C10H20N2O/c1-2-10(8-11-3-1)9-12-4-6-13-7-5-12/h10-11H,1-9H2/p+2/t10-/m1/s1. The summed E-state index contributed by atoms with van der Waals surface area (Å²) < 4.78 is 5.36. The highest BCUT2D eigenvalue weighted by Crippen LogP contribution is 2.03. The van der Waals surface area contributed by atoms with E-state index in [0.29, 0.717) is 0 Å². The summed E-state index contributed by atoms with van der Waals surface area (Å²) >= 11 is 0. The van der Waals surface area contributed by atoms with Crippen molar-refractivity contribution in [3.05, 3.63) is 0 Å². The normalized spacial score (nSPS) is 31.8. The van der Waals surface area contributed by atoms with E-state index in [1.165, 1.54) is 45.6 Å². The molecule has 13 heavy (non-hydrogen) atoms. The number of nitrogens with one attached hydrogen (secondary N) is 1. The van der Waals surface area contributed by atoms with Crippen LogP contribution in [0.25, 0.3) is 0 Å². The number of hydrogen-bond acceptors (Lipinski definition) is 1. The van der Waals surface area contributed by atoms with E-state index in [0.717, 1.165) is 19.1 Å². The number of piperidine rings is 1. The van der Waals surface area contributed by atoms with Crippen LogP contribution in [0.2, 0.25) is 0 Å². The Morgan fingerprint density at radius 2 is 2.15 bits per heavy atom. The van der Waals surface area contributed by atoms with Gasteiger partial charge in [0.1, 0.15) is 13.1 Å². The average Bonchev–Trinajstić information content (AvgIpc) is 2.21. The molecule has 0 aromatic carbocycles. The van der Waals surface area contributed by atoms with Crippen LogP contribution in [0.4, 0.5) is 0 Å². The van der Waals surface area contributed by atoms with Gasteiger partial charge in [-0.25, -0.2) is 0 Å². The van der Waals surface area contributed by atoms with Crippen molar-refractivity contribution in [2.75, 3.05) is 45.9 Å². The fourth-order valence-corrected chi connectivity index (χ4v) is 2.48. The molecule has 0 spiro atoms. The average molecular weight is 186 g/mol. The smallest absolute Gasteiger partial charge is 0.101 e. The summed E-state index contributed by atoms with van der Waals surface area (Å²) in [6.45, 7) is 8.53. The highest BCUT2D eigenvalue weighted by atomic mass is 16.5. The molecule has 3 heteroatoms. The van der Waals surface area contributed by atoms with Gasteiger partial charge >= 0.3 is 0 Å². The van der Waals surface area contributed by atoms with E-state index < -0.39 is 0 Å². The summed E-state index contributed by atoms with van der Waals surface area (Å²) in [5.74, 6) is 0.974. The molecule has 2 rings (SSSR count). The van der Waals surface area contributed by atoms with E-state index in [-0.39, 0.29) is 0 Å². The minimum Gasteiger partial charge on any atom is -0.370 e. The van der Waals surface area contributed by atoms with Gasteiger partial charge in [0, 0.05) is 0 Å². The number of quaternary nitrogens is 2. The van der Waals surface area contributed by atoms with Crippen molar-refractivity contribution in [2.24, 2.45) is 5.92 Å². The molecule has 2 aliphatic rings. The summed E-state index contributed by atoms with van der Waals surface area (Å²) in [6.07, 6.45) is 2.88. The number of rotatable bonds is 2. The van der Waals surface area contributed by atoms with E-state index in [2.05, 4.69) is 5.32 Å². The zero-order valence-electron chi connectivity index (χ0n) is 8.43. The van der Waals surface area contributed by atoms with Crippen LogP contribution in [0.1, 0.15) is 12.8 Å². The maximum atomic E-state index is 5.36. The van der Waals surface area contributed by atoms with Gasteiger partial charge in [0.05, 0.1) is 38.8 Å². The molecule has 0 saturated carbocycles. The van der Waals surface area contributed by atoms with Gasteiger partial charge in [0.25, 0.3) is 0 Å². The quantitative estimate of drug-likeness (QED) is 0.507. The third kappa shape index (κ3) is 2.93. The van der Waals surface area contributed by atoms with Crippen LogP contribution >= 0.6 is 0 Å². The summed E-state index contributed by atoms with van der Waals surface area (Å²) in [5, 5.41) is 2.48. The lowest BCUT2D eigenvalue weighted by molar-refractivity contribution is -0.913. The summed E-state index contributed by atoms with van der Waals surface area (Å²) in [6, 6.07) is 0. The van der Waals surface area contributed by atoms with Gasteiger partial charge in [0.2, 0.25) is 0 Å². The zero-order valence-corrected chi connectivity index (χ0v) is 8.43. The van der Waals surface area contributed by atoms with Crippen molar-refractivity contribution in [3.8, 4) is 0 Å². The third-order valence-corrected chi connectivity index (χ3v) is 3.30. The van der Waals surface area contributed by atoms with Crippen LogP contribution in [0, 0.1) is 5.92 Å². The monoisotopic (exact) mass is 186 g/mol. The first kappa shape index (κ1) is 9.44. The lowest BCUT2D eigenvalue weighted by Crippen LogP contribution is -3.15. The number of ether oxygens (including phenoxy) is 1. The van der Waals surface area contributed by atoms with Gasteiger partial charge in [-0.15, -0.1) is 0 Å². The second-order valence-corrected chi connectivity index (χ2v) is 4.39.